The molecule has 5 aliphatic rings. The molecule has 1 saturated heterocycles. The maximum atomic E-state index is 12.8. The van der Waals surface area contributed by atoms with E-state index in [-0.39, 0.29) is 17.7 Å². The first-order chi connectivity index (χ1) is 9.61. The lowest BCUT2D eigenvalue weighted by Gasteiger charge is -2.54. The Morgan fingerprint density at radius 3 is 2.05 bits per heavy atom. The smallest absolute Gasteiger partial charge is 0.308 e. The van der Waals surface area contributed by atoms with E-state index < -0.39 is 5.97 Å². The normalized spacial score (nSPS) is 45.9. The second kappa shape index (κ2) is 4.47. The van der Waals surface area contributed by atoms with Crippen molar-refractivity contribution in [3.63, 3.8) is 0 Å². The third-order valence-corrected chi connectivity index (χ3v) is 6.36. The first-order valence-electron chi connectivity index (χ1n) is 8.13. The molecule has 4 aliphatic carbocycles. The highest BCUT2D eigenvalue weighted by molar-refractivity contribution is 5.81. The van der Waals surface area contributed by atoms with Crippen LogP contribution in [-0.4, -0.2) is 35.0 Å². The molecule has 4 saturated carbocycles. The van der Waals surface area contributed by atoms with Gasteiger partial charge >= 0.3 is 5.97 Å². The molecule has 110 valence electrons. The van der Waals surface area contributed by atoms with Crippen molar-refractivity contribution in [2.45, 2.75) is 38.5 Å². The summed E-state index contributed by atoms with van der Waals surface area (Å²) >= 11 is 0. The number of carboxylic acid groups (broad SMARTS) is 1. The predicted octanol–water partition coefficient (Wildman–Crippen LogP) is 1.99. The Hall–Kier alpha value is -1.06. The van der Waals surface area contributed by atoms with E-state index in [9.17, 15) is 9.59 Å². The Morgan fingerprint density at radius 2 is 1.55 bits per heavy atom. The zero-order valence-electron chi connectivity index (χ0n) is 11.8. The summed E-state index contributed by atoms with van der Waals surface area (Å²) in [6, 6.07) is 0. The van der Waals surface area contributed by atoms with E-state index in [0.29, 0.717) is 31.3 Å². The molecule has 4 nitrogen and oxygen atoms in total. The zero-order valence-corrected chi connectivity index (χ0v) is 11.8. The van der Waals surface area contributed by atoms with Crippen molar-refractivity contribution >= 4 is 11.9 Å². The van der Waals surface area contributed by atoms with Crippen LogP contribution in [0.25, 0.3) is 0 Å². The van der Waals surface area contributed by atoms with Gasteiger partial charge in [0, 0.05) is 19.0 Å². The van der Waals surface area contributed by atoms with Crippen molar-refractivity contribution in [2.75, 3.05) is 13.1 Å². The monoisotopic (exact) mass is 277 g/mol. The van der Waals surface area contributed by atoms with Crippen LogP contribution in [0.2, 0.25) is 0 Å². The first-order valence-corrected chi connectivity index (χ1v) is 8.13. The third-order valence-electron chi connectivity index (χ3n) is 6.36. The van der Waals surface area contributed by atoms with Gasteiger partial charge in [-0.2, -0.15) is 0 Å². The van der Waals surface area contributed by atoms with Crippen molar-refractivity contribution in [1.29, 1.82) is 0 Å². The average Bonchev–Trinajstić information content (AvgIpc) is 2.86. The number of hydrogen-bond acceptors (Lipinski definition) is 2. The predicted molar refractivity (Wildman–Crippen MR) is 72.9 cm³/mol. The number of carbonyl (C=O) groups is 2. The fraction of sp³-hybridized carbons (Fsp3) is 0.875. The molecule has 5 fully saturated rings. The van der Waals surface area contributed by atoms with E-state index in [1.807, 2.05) is 4.90 Å². The number of aliphatic carboxylic acids is 1. The molecule has 1 atom stereocenters. The van der Waals surface area contributed by atoms with Gasteiger partial charge in [-0.05, 0) is 62.2 Å². The van der Waals surface area contributed by atoms with Gasteiger partial charge in [-0.25, -0.2) is 0 Å². The molecular formula is C16H23NO3. The maximum Gasteiger partial charge on any atom is 0.308 e. The van der Waals surface area contributed by atoms with Gasteiger partial charge in [-0.15, -0.1) is 0 Å². The summed E-state index contributed by atoms with van der Waals surface area (Å²) in [6.45, 7) is 1.09. The Morgan fingerprint density at radius 1 is 0.950 bits per heavy atom. The second-order valence-corrected chi connectivity index (χ2v) is 7.56. The van der Waals surface area contributed by atoms with Crippen LogP contribution in [0.4, 0.5) is 0 Å². The van der Waals surface area contributed by atoms with E-state index in [0.717, 1.165) is 11.8 Å². The maximum absolute atomic E-state index is 12.8. The van der Waals surface area contributed by atoms with Gasteiger partial charge in [0.05, 0.1) is 5.92 Å². The highest BCUT2D eigenvalue weighted by Crippen LogP contribution is 2.57. The van der Waals surface area contributed by atoms with Crippen LogP contribution < -0.4 is 0 Å². The number of hydrogen-bond donors (Lipinski definition) is 1. The number of carboxylic acids is 1. The van der Waals surface area contributed by atoms with E-state index in [4.69, 9.17) is 5.11 Å². The number of nitrogens with zero attached hydrogens (tertiary/aromatic N) is 1. The van der Waals surface area contributed by atoms with Crippen molar-refractivity contribution < 1.29 is 14.7 Å². The van der Waals surface area contributed by atoms with Gasteiger partial charge in [0.1, 0.15) is 0 Å². The van der Waals surface area contributed by atoms with Crippen LogP contribution >= 0.6 is 0 Å². The van der Waals surface area contributed by atoms with E-state index in [2.05, 4.69) is 0 Å². The van der Waals surface area contributed by atoms with Gasteiger partial charge in [0.15, 0.2) is 0 Å². The Balaban J connectivity index is 1.48. The Kier molecular flexibility index (Phi) is 2.83. The number of amides is 1. The minimum atomic E-state index is -0.745. The van der Waals surface area contributed by atoms with Gasteiger partial charge in [0.2, 0.25) is 5.91 Å². The van der Waals surface area contributed by atoms with Gasteiger partial charge in [-0.1, -0.05) is 0 Å². The molecule has 0 aromatic heterocycles. The van der Waals surface area contributed by atoms with Crippen LogP contribution in [0.1, 0.15) is 38.5 Å². The number of carbonyl (C=O) groups excluding carboxylic acids is 1. The topological polar surface area (TPSA) is 57.6 Å². The number of rotatable bonds is 2. The molecule has 0 radical (unpaired) electrons. The summed E-state index contributed by atoms with van der Waals surface area (Å²) in [4.78, 5) is 25.7. The Labute approximate surface area is 119 Å². The van der Waals surface area contributed by atoms with Crippen LogP contribution in [0, 0.1) is 35.5 Å². The van der Waals surface area contributed by atoms with Crippen LogP contribution in [-0.2, 0) is 9.59 Å². The molecule has 1 amide bonds. The van der Waals surface area contributed by atoms with Crippen molar-refractivity contribution in [1.82, 2.24) is 4.90 Å². The fourth-order valence-electron chi connectivity index (χ4n) is 5.70. The quantitative estimate of drug-likeness (QED) is 0.840. The average molecular weight is 277 g/mol. The van der Waals surface area contributed by atoms with Crippen LogP contribution in [0.5, 0.6) is 0 Å². The molecule has 20 heavy (non-hydrogen) atoms. The molecule has 0 aromatic carbocycles. The molecule has 1 N–H and O–H groups in total. The van der Waals surface area contributed by atoms with Crippen molar-refractivity contribution in [3.05, 3.63) is 0 Å². The number of likely N-dealkylation sites (tertiary alicyclic amines) is 1. The first kappa shape index (κ1) is 12.7. The summed E-state index contributed by atoms with van der Waals surface area (Å²) in [5.41, 5.74) is 0. The summed E-state index contributed by atoms with van der Waals surface area (Å²) in [6.07, 6.45) is 7.03. The minimum absolute atomic E-state index is 0.218. The van der Waals surface area contributed by atoms with Crippen LogP contribution in [0.3, 0.4) is 0 Å². The van der Waals surface area contributed by atoms with Gasteiger partial charge < -0.3 is 10.0 Å². The standard InChI is InChI=1S/C16H23NO3/c18-15(17-2-1-11(8-17)16(19)20)14-12-4-9-3-10(6-12)7-13(14)5-9/h9-14H,1-8H2,(H,19,20). The summed E-state index contributed by atoms with van der Waals surface area (Å²) in [5, 5.41) is 9.09. The SMILES string of the molecule is O=C(O)C1CCN(C(=O)C2C3CC4CC(C3)CC2C4)C1. The molecule has 4 heteroatoms. The molecule has 1 aliphatic heterocycles. The lowest BCUT2D eigenvalue weighted by Crippen LogP contribution is -2.51. The van der Waals surface area contributed by atoms with Gasteiger partial charge in [0.25, 0.3) is 0 Å². The highest BCUT2D eigenvalue weighted by atomic mass is 16.4. The molecule has 5 rings (SSSR count). The van der Waals surface area contributed by atoms with Crippen molar-refractivity contribution in [3.8, 4) is 0 Å². The lowest BCUT2D eigenvalue weighted by atomic mass is 9.51. The molecule has 0 aromatic rings. The van der Waals surface area contributed by atoms with E-state index in [1.165, 1.54) is 32.1 Å². The highest BCUT2D eigenvalue weighted by Gasteiger charge is 2.52. The van der Waals surface area contributed by atoms with E-state index in [1.54, 1.807) is 0 Å². The second-order valence-electron chi connectivity index (χ2n) is 7.56. The minimum Gasteiger partial charge on any atom is -0.481 e. The lowest BCUT2D eigenvalue weighted by molar-refractivity contribution is -0.148. The molecule has 1 heterocycles. The third kappa shape index (κ3) is 1.87. The van der Waals surface area contributed by atoms with Crippen molar-refractivity contribution in [2.24, 2.45) is 35.5 Å². The molecule has 1 unspecified atom stereocenters. The fourth-order valence-corrected chi connectivity index (χ4v) is 5.70. The van der Waals surface area contributed by atoms with Crippen LogP contribution in [0.15, 0.2) is 0 Å². The molecule has 0 spiro atoms. The Bertz CT molecular complexity index is 419. The van der Waals surface area contributed by atoms with Gasteiger partial charge in [-0.3, -0.25) is 9.59 Å². The summed E-state index contributed by atoms with van der Waals surface area (Å²) in [7, 11) is 0. The van der Waals surface area contributed by atoms with E-state index >= 15 is 0 Å². The zero-order chi connectivity index (χ0) is 13.9. The molecular weight excluding hydrogens is 254 g/mol. The summed E-state index contributed by atoms with van der Waals surface area (Å²) < 4.78 is 0. The largest absolute Gasteiger partial charge is 0.481 e. The molecule has 4 bridgehead atoms. The summed E-state index contributed by atoms with van der Waals surface area (Å²) in [5.74, 6) is 2.38.